The molecule has 0 bridgehead atoms. The van der Waals surface area contributed by atoms with Gasteiger partial charge in [0.05, 0.1) is 26.5 Å². The highest BCUT2D eigenvalue weighted by atomic mass is 32.1. The number of hydrogen-bond acceptors (Lipinski definition) is 5. The van der Waals surface area contributed by atoms with Crippen LogP contribution in [0, 0.1) is 6.92 Å². The normalized spacial score (nSPS) is 11.4. The van der Waals surface area contributed by atoms with Gasteiger partial charge in [-0.1, -0.05) is 6.07 Å². The highest BCUT2D eigenvalue weighted by molar-refractivity contribution is 7.11. The maximum absolute atomic E-state index is 13.0. The van der Waals surface area contributed by atoms with E-state index in [0.29, 0.717) is 25.3 Å². The fraction of sp³-hybridized carbons (Fsp3) is 0.348. The molecule has 0 saturated carbocycles. The summed E-state index contributed by atoms with van der Waals surface area (Å²) in [6, 6.07) is 12.3. The maximum Gasteiger partial charge on any atom is 0.422 e. The Hall–Kier alpha value is -2.94. The number of aryl methyl sites for hydroxylation is 2. The molecule has 0 fully saturated rings. The average Bonchev–Trinajstić information content (AvgIpc) is 3.41. The summed E-state index contributed by atoms with van der Waals surface area (Å²) in [4.78, 5) is 17.0. The number of ether oxygens (including phenoxy) is 2. The third kappa shape index (κ3) is 7.05. The Morgan fingerprint density at radius 2 is 1.94 bits per heavy atom. The van der Waals surface area contributed by atoms with Crippen molar-refractivity contribution in [2.75, 3.05) is 13.7 Å². The summed E-state index contributed by atoms with van der Waals surface area (Å²) in [6.45, 7) is 1.45. The number of amides is 1. The van der Waals surface area contributed by atoms with Crippen molar-refractivity contribution in [3.63, 3.8) is 0 Å². The number of carbonyl (C=O) groups is 1. The van der Waals surface area contributed by atoms with E-state index in [0.717, 1.165) is 10.4 Å². The lowest BCUT2D eigenvalue weighted by Crippen LogP contribution is -2.29. The van der Waals surface area contributed by atoms with Crippen LogP contribution in [0.3, 0.4) is 0 Å². The van der Waals surface area contributed by atoms with Crippen molar-refractivity contribution in [1.29, 1.82) is 0 Å². The Kier molecular flexibility index (Phi) is 7.84. The zero-order valence-corrected chi connectivity index (χ0v) is 18.6. The number of benzene rings is 1. The number of hydrogen-bond donors (Lipinski definition) is 0. The molecule has 1 amide bonds. The number of carbonyl (C=O) groups excluding carboxylic acids is 1. The predicted molar refractivity (Wildman–Crippen MR) is 115 cm³/mol. The molecular formula is C23H24F3NO4S. The molecule has 0 aliphatic rings. The molecule has 1 aromatic carbocycles. The van der Waals surface area contributed by atoms with Crippen LogP contribution in [0.1, 0.15) is 27.5 Å². The Bertz CT molecular complexity index is 1010. The lowest BCUT2D eigenvalue weighted by atomic mass is 10.1. The summed E-state index contributed by atoms with van der Waals surface area (Å²) in [6.07, 6.45) is -2.22. The van der Waals surface area contributed by atoms with E-state index in [1.165, 1.54) is 18.1 Å². The highest BCUT2D eigenvalue weighted by Gasteiger charge is 2.29. The van der Waals surface area contributed by atoms with Gasteiger partial charge in [0.1, 0.15) is 5.76 Å². The summed E-state index contributed by atoms with van der Waals surface area (Å²) in [5.74, 6) is 0.844. The van der Waals surface area contributed by atoms with Gasteiger partial charge in [-0.25, -0.2) is 0 Å². The SMILES string of the molecule is COc1cc(CCC(=O)N(Cc2ccco2)Cc2ccc(C)s2)ccc1OCC(F)(F)F. The lowest BCUT2D eigenvalue weighted by Gasteiger charge is -2.21. The molecule has 3 aromatic rings. The van der Waals surface area contributed by atoms with Crippen molar-refractivity contribution in [1.82, 2.24) is 4.90 Å². The molecule has 5 nitrogen and oxygen atoms in total. The van der Waals surface area contributed by atoms with Gasteiger partial charge in [0, 0.05) is 16.2 Å². The van der Waals surface area contributed by atoms with Gasteiger partial charge in [-0.05, 0) is 55.3 Å². The van der Waals surface area contributed by atoms with Gasteiger partial charge in [0.25, 0.3) is 0 Å². The predicted octanol–water partition coefficient (Wildman–Crippen LogP) is 5.76. The van der Waals surface area contributed by atoms with Crippen molar-refractivity contribution < 1.29 is 31.9 Å². The Morgan fingerprint density at radius 3 is 2.56 bits per heavy atom. The van der Waals surface area contributed by atoms with E-state index in [2.05, 4.69) is 0 Å². The van der Waals surface area contributed by atoms with Gasteiger partial charge >= 0.3 is 6.18 Å². The van der Waals surface area contributed by atoms with Crippen LogP contribution in [0.15, 0.2) is 53.1 Å². The Morgan fingerprint density at radius 1 is 1.12 bits per heavy atom. The van der Waals surface area contributed by atoms with Crippen molar-refractivity contribution in [2.45, 2.75) is 39.0 Å². The van der Waals surface area contributed by atoms with Gasteiger partial charge in [-0.15, -0.1) is 11.3 Å². The quantitative estimate of drug-likeness (QED) is 0.380. The van der Waals surface area contributed by atoms with Gasteiger partial charge in [-0.2, -0.15) is 13.2 Å². The van der Waals surface area contributed by atoms with Crippen LogP contribution in [-0.2, 0) is 24.3 Å². The second-order valence-electron chi connectivity index (χ2n) is 7.23. The second-order valence-corrected chi connectivity index (χ2v) is 8.60. The fourth-order valence-corrected chi connectivity index (χ4v) is 4.04. The molecule has 9 heteroatoms. The summed E-state index contributed by atoms with van der Waals surface area (Å²) >= 11 is 1.64. The second kappa shape index (κ2) is 10.6. The number of nitrogens with zero attached hydrogens (tertiary/aromatic N) is 1. The molecule has 0 spiro atoms. The monoisotopic (exact) mass is 467 g/mol. The number of rotatable bonds is 10. The number of alkyl halides is 3. The first-order valence-electron chi connectivity index (χ1n) is 9.95. The molecule has 0 unspecified atom stereocenters. The van der Waals surface area contributed by atoms with Crippen molar-refractivity contribution in [3.8, 4) is 11.5 Å². The smallest absolute Gasteiger partial charge is 0.422 e. The van der Waals surface area contributed by atoms with Gasteiger partial charge in [0.15, 0.2) is 18.1 Å². The first-order valence-corrected chi connectivity index (χ1v) is 10.8. The van der Waals surface area contributed by atoms with Crippen molar-refractivity contribution >= 4 is 17.2 Å². The van der Waals surface area contributed by atoms with E-state index < -0.39 is 12.8 Å². The molecule has 0 aliphatic carbocycles. The molecule has 3 rings (SSSR count). The first kappa shape index (κ1) is 23.7. The molecular weight excluding hydrogens is 443 g/mol. The Labute approximate surface area is 188 Å². The van der Waals surface area contributed by atoms with Crippen LogP contribution in [0.5, 0.6) is 11.5 Å². The summed E-state index contributed by atoms with van der Waals surface area (Å²) in [5, 5.41) is 0. The highest BCUT2D eigenvalue weighted by Crippen LogP contribution is 2.30. The van der Waals surface area contributed by atoms with Crippen LogP contribution in [0.2, 0.25) is 0 Å². The molecule has 2 heterocycles. The van der Waals surface area contributed by atoms with Crippen LogP contribution in [0.25, 0.3) is 0 Å². The lowest BCUT2D eigenvalue weighted by molar-refractivity contribution is -0.153. The number of methoxy groups -OCH3 is 1. The molecule has 0 N–H and O–H groups in total. The number of halogens is 3. The van der Waals surface area contributed by atoms with E-state index in [1.54, 1.807) is 40.7 Å². The molecule has 0 radical (unpaired) electrons. The molecule has 0 aliphatic heterocycles. The zero-order valence-electron chi connectivity index (χ0n) is 17.8. The third-order valence-corrected chi connectivity index (χ3v) is 5.65. The maximum atomic E-state index is 13.0. The van der Waals surface area contributed by atoms with Crippen molar-refractivity contribution in [2.24, 2.45) is 0 Å². The van der Waals surface area contributed by atoms with Crippen LogP contribution >= 0.6 is 11.3 Å². The van der Waals surface area contributed by atoms with E-state index in [4.69, 9.17) is 13.9 Å². The Balaban J connectivity index is 1.65. The molecule has 172 valence electrons. The standard InChI is InChI=1S/C23H24F3NO4S/c1-16-5-8-19(32-16)14-27(13-18-4-3-11-30-18)22(28)10-7-17-6-9-20(21(12-17)29-2)31-15-23(24,25)26/h3-6,8-9,11-12H,7,10,13-15H2,1-2H3. The first-order chi connectivity index (χ1) is 15.2. The van der Waals surface area contributed by atoms with Crippen molar-refractivity contribution in [3.05, 3.63) is 69.8 Å². The van der Waals surface area contributed by atoms with E-state index in [-0.39, 0.29) is 23.8 Å². The number of furan rings is 1. The molecule has 32 heavy (non-hydrogen) atoms. The zero-order chi connectivity index (χ0) is 23.1. The largest absolute Gasteiger partial charge is 0.493 e. The fourth-order valence-electron chi connectivity index (χ4n) is 3.14. The molecule has 0 saturated heterocycles. The molecule has 0 atom stereocenters. The van der Waals surface area contributed by atoms with Crippen LogP contribution in [-0.4, -0.2) is 30.7 Å². The summed E-state index contributed by atoms with van der Waals surface area (Å²) in [7, 11) is 1.36. The average molecular weight is 468 g/mol. The van der Waals surface area contributed by atoms with Gasteiger partial charge in [-0.3, -0.25) is 4.79 Å². The number of thiophene rings is 1. The summed E-state index contributed by atoms with van der Waals surface area (Å²) in [5.41, 5.74) is 0.763. The van der Waals surface area contributed by atoms with Gasteiger partial charge in [0.2, 0.25) is 5.91 Å². The van der Waals surface area contributed by atoms with Crippen LogP contribution in [0.4, 0.5) is 13.2 Å². The topological polar surface area (TPSA) is 51.9 Å². The van der Waals surface area contributed by atoms with E-state index >= 15 is 0 Å². The van der Waals surface area contributed by atoms with Gasteiger partial charge < -0.3 is 18.8 Å². The minimum Gasteiger partial charge on any atom is -0.493 e. The van der Waals surface area contributed by atoms with Crippen LogP contribution < -0.4 is 9.47 Å². The minimum atomic E-state index is -4.44. The van der Waals surface area contributed by atoms with E-state index in [1.807, 2.05) is 25.1 Å². The minimum absolute atomic E-state index is 0.00686. The third-order valence-electron chi connectivity index (χ3n) is 4.67. The summed E-state index contributed by atoms with van der Waals surface area (Å²) < 4.78 is 52.6. The van der Waals surface area contributed by atoms with E-state index in [9.17, 15) is 18.0 Å². The molecule has 2 aromatic heterocycles.